The fourth-order valence-corrected chi connectivity index (χ4v) is 0.639. The molecule has 0 spiro atoms. The van der Waals surface area contributed by atoms with E-state index in [0.717, 1.165) is 0 Å². The predicted octanol–water partition coefficient (Wildman–Crippen LogP) is 0.419. The highest BCUT2D eigenvalue weighted by Crippen LogP contribution is 2.00. The Morgan fingerprint density at radius 2 is 2.10 bits per heavy atom. The summed E-state index contributed by atoms with van der Waals surface area (Å²) < 4.78 is 0. The van der Waals surface area contributed by atoms with Gasteiger partial charge in [0.2, 0.25) is 0 Å². The summed E-state index contributed by atoms with van der Waals surface area (Å²) >= 11 is 4.58. The monoisotopic (exact) mass is 155 g/mol. The Morgan fingerprint density at radius 3 is 2.20 bits per heavy atom. The van der Waals surface area contributed by atoms with Crippen molar-refractivity contribution in [2.24, 2.45) is 11.5 Å². The first-order valence-corrected chi connectivity index (χ1v) is 3.22. The number of nitrogens with two attached hydrogens (primary N) is 2. The molecule has 54 valence electrons. The molecular weight excluding hydrogens is 146 g/mol. The third-order valence-electron chi connectivity index (χ3n) is 1.06. The molecule has 0 unspecified atom stereocenters. The standard InChI is InChI=1S/C6H9N3S/c1-2-5(8)4(3-7)6(9)10/h2,8H2,1H3,(H2,9,10). The third kappa shape index (κ3) is 2.03. The summed E-state index contributed by atoms with van der Waals surface area (Å²) in [5, 5.41) is 8.44. The molecule has 0 aliphatic heterocycles. The molecule has 0 bridgehead atoms. The minimum atomic E-state index is 0.0712. The zero-order valence-electron chi connectivity index (χ0n) is 5.72. The van der Waals surface area contributed by atoms with Crippen LogP contribution in [0.3, 0.4) is 0 Å². The van der Waals surface area contributed by atoms with Crippen molar-refractivity contribution in [1.82, 2.24) is 0 Å². The summed E-state index contributed by atoms with van der Waals surface area (Å²) in [5.41, 5.74) is 11.3. The highest BCUT2D eigenvalue weighted by molar-refractivity contribution is 7.80. The van der Waals surface area contributed by atoms with E-state index in [4.69, 9.17) is 16.7 Å². The minimum absolute atomic E-state index is 0.0712. The number of thiocarbonyl (C=S) groups is 1. The lowest BCUT2D eigenvalue weighted by atomic mass is 10.2. The number of allylic oxidation sites excluding steroid dienone is 1. The molecule has 4 heteroatoms. The Hall–Kier alpha value is -1.08. The molecule has 0 aromatic rings. The first kappa shape index (κ1) is 8.92. The van der Waals surface area contributed by atoms with Crippen LogP contribution in [0.1, 0.15) is 13.3 Å². The van der Waals surface area contributed by atoms with Gasteiger partial charge in [0.25, 0.3) is 0 Å². The summed E-state index contributed by atoms with van der Waals surface area (Å²) in [5.74, 6) is 0. The van der Waals surface area contributed by atoms with E-state index in [1.54, 1.807) is 0 Å². The van der Waals surface area contributed by atoms with Crippen LogP contribution in [-0.2, 0) is 0 Å². The number of hydrogen-bond acceptors (Lipinski definition) is 3. The quantitative estimate of drug-likeness (QED) is 0.344. The van der Waals surface area contributed by atoms with Gasteiger partial charge in [0, 0.05) is 5.70 Å². The molecule has 0 heterocycles. The molecule has 0 radical (unpaired) electrons. The number of rotatable bonds is 2. The average molecular weight is 155 g/mol. The van der Waals surface area contributed by atoms with Crippen molar-refractivity contribution < 1.29 is 0 Å². The van der Waals surface area contributed by atoms with E-state index < -0.39 is 0 Å². The lowest BCUT2D eigenvalue weighted by Gasteiger charge is -1.98. The molecule has 0 aromatic carbocycles. The van der Waals surface area contributed by atoms with Crippen LogP contribution in [0.2, 0.25) is 0 Å². The Bertz CT molecular complexity index is 212. The van der Waals surface area contributed by atoms with Crippen LogP contribution in [0.15, 0.2) is 11.3 Å². The van der Waals surface area contributed by atoms with Gasteiger partial charge in [-0.15, -0.1) is 0 Å². The zero-order valence-corrected chi connectivity index (χ0v) is 6.53. The Kier molecular flexibility index (Phi) is 3.44. The molecule has 0 fully saturated rings. The molecule has 0 aliphatic rings. The van der Waals surface area contributed by atoms with E-state index in [9.17, 15) is 0 Å². The van der Waals surface area contributed by atoms with Gasteiger partial charge in [-0.2, -0.15) is 5.26 Å². The fraction of sp³-hybridized carbons (Fsp3) is 0.333. The number of nitriles is 1. The summed E-state index contributed by atoms with van der Waals surface area (Å²) in [7, 11) is 0. The van der Waals surface area contributed by atoms with Gasteiger partial charge in [0.1, 0.15) is 16.6 Å². The van der Waals surface area contributed by atoms with E-state index >= 15 is 0 Å². The van der Waals surface area contributed by atoms with Gasteiger partial charge in [0.15, 0.2) is 0 Å². The van der Waals surface area contributed by atoms with Gasteiger partial charge in [-0.3, -0.25) is 0 Å². The molecule has 0 amide bonds. The summed E-state index contributed by atoms with van der Waals surface area (Å²) in [4.78, 5) is 0.0712. The number of nitrogens with zero attached hydrogens (tertiary/aromatic N) is 1. The van der Waals surface area contributed by atoms with Crippen molar-refractivity contribution in [3.8, 4) is 6.07 Å². The van der Waals surface area contributed by atoms with Crippen LogP contribution >= 0.6 is 12.2 Å². The van der Waals surface area contributed by atoms with Crippen molar-refractivity contribution >= 4 is 17.2 Å². The van der Waals surface area contributed by atoms with Crippen LogP contribution in [0, 0.1) is 11.3 Å². The Labute approximate surface area is 65.3 Å². The van der Waals surface area contributed by atoms with Gasteiger partial charge >= 0.3 is 0 Å². The average Bonchev–Trinajstić information content (AvgIpc) is 1.88. The molecule has 4 N–H and O–H groups in total. The second kappa shape index (κ2) is 3.85. The van der Waals surface area contributed by atoms with Crippen LogP contribution in [-0.4, -0.2) is 4.99 Å². The summed E-state index contributed by atoms with van der Waals surface area (Å²) in [6.07, 6.45) is 0.597. The molecule has 0 saturated carbocycles. The van der Waals surface area contributed by atoms with E-state index in [1.165, 1.54) is 0 Å². The normalized spacial score (nSPS) is 11.6. The van der Waals surface area contributed by atoms with Crippen LogP contribution in [0.25, 0.3) is 0 Å². The van der Waals surface area contributed by atoms with E-state index in [0.29, 0.717) is 12.1 Å². The second-order valence-electron chi connectivity index (χ2n) is 1.73. The van der Waals surface area contributed by atoms with Crippen LogP contribution in [0.5, 0.6) is 0 Å². The fourth-order valence-electron chi connectivity index (χ4n) is 0.462. The number of hydrogen-bond donors (Lipinski definition) is 2. The van der Waals surface area contributed by atoms with Gasteiger partial charge in [-0.25, -0.2) is 0 Å². The van der Waals surface area contributed by atoms with Crippen molar-refractivity contribution in [2.75, 3.05) is 0 Å². The highest BCUT2D eigenvalue weighted by atomic mass is 32.1. The van der Waals surface area contributed by atoms with Gasteiger partial charge < -0.3 is 11.5 Å². The van der Waals surface area contributed by atoms with Crippen molar-refractivity contribution in [2.45, 2.75) is 13.3 Å². The second-order valence-corrected chi connectivity index (χ2v) is 2.17. The molecule has 3 nitrogen and oxygen atoms in total. The molecule has 0 saturated heterocycles. The van der Waals surface area contributed by atoms with E-state index in [2.05, 4.69) is 12.2 Å². The maximum absolute atomic E-state index is 8.44. The lowest BCUT2D eigenvalue weighted by Crippen LogP contribution is -2.15. The minimum Gasteiger partial charge on any atom is -0.401 e. The smallest absolute Gasteiger partial charge is 0.116 e. The third-order valence-corrected chi connectivity index (χ3v) is 1.26. The van der Waals surface area contributed by atoms with Crippen LogP contribution in [0.4, 0.5) is 0 Å². The Balaban J connectivity index is 4.68. The van der Waals surface area contributed by atoms with E-state index in [-0.39, 0.29) is 10.6 Å². The summed E-state index contributed by atoms with van der Waals surface area (Å²) in [6, 6.07) is 1.84. The molecule has 0 aliphatic carbocycles. The van der Waals surface area contributed by atoms with E-state index in [1.807, 2.05) is 13.0 Å². The SMILES string of the molecule is CCC(N)=C(C#N)C(N)=S. The molecule has 0 rings (SSSR count). The first-order valence-electron chi connectivity index (χ1n) is 2.82. The van der Waals surface area contributed by atoms with Gasteiger partial charge in [0.05, 0.1) is 0 Å². The zero-order chi connectivity index (χ0) is 8.15. The topological polar surface area (TPSA) is 75.8 Å². The largest absolute Gasteiger partial charge is 0.401 e. The lowest BCUT2D eigenvalue weighted by molar-refractivity contribution is 1.06. The molecule has 10 heavy (non-hydrogen) atoms. The highest BCUT2D eigenvalue weighted by Gasteiger charge is 2.02. The summed E-state index contributed by atoms with van der Waals surface area (Å²) in [6.45, 7) is 1.84. The maximum atomic E-state index is 8.44. The first-order chi connectivity index (χ1) is 4.63. The Morgan fingerprint density at radius 1 is 1.60 bits per heavy atom. The van der Waals surface area contributed by atoms with Crippen molar-refractivity contribution in [1.29, 1.82) is 5.26 Å². The van der Waals surface area contributed by atoms with Crippen LogP contribution < -0.4 is 11.5 Å². The molecular formula is C6H9N3S. The maximum Gasteiger partial charge on any atom is 0.116 e. The van der Waals surface area contributed by atoms with Gasteiger partial charge in [-0.05, 0) is 6.42 Å². The molecule has 0 atom stereocenters. The van der Waals surface area contributed by atoms with Gasteiger partial charge in [-0.1, -0.05) is 19.1 Å². The van der Waals surface area contributed by atoms with Crippen molar-refractivity contribution in [3.63, 3.8) is 0 Å². The van der Waals surface area contributed by atoms with Crippen molar-refractivity contribution in [3.05, 3.63) is 11.3 Å². The predicted molar refractivity (Wildman–Crippen MR) is 43.9 cm³/mol. The molecule has 0 aromatic heterocycles.